The van der Waals surface area contributed by atoms with Gasteiger partial charge in [0.25, 0.3) is 5.91 Å². The van der Waals surface area contributed by atoms with Crippen LogP contribution in [0.3, 0.4) is 0 Å². The molecule has 0 saturated carbocycles. The van der Waals surface area contributed by atoms with Crippen molar-refractivity contribution < 1.29 is 23.4 Å². The Kier molecular flexibility index (Phi) is 7.66. The van der Waals surface area contributed by atoms with Gasteiger partial charge in [0.2, 0.25) is 5.88 Å². The number of nitrogens with one attached hydrogen (secondary N) is 1. The molecule has 0 saturated heterocycles. The van der Waals surface area contributed by atoms with Gasteiger partial charge < -0.3 is 23.9 Å². The summed E-state index contributed by atoms with van der Waals surface area (Å²) < 4.78 is 22.7. The van der Waals surface area contributed by atoms with Crippen molar-refractivity contribution >= 4 is 21.8 Å². The van der Waals surface area contributed by atoms with Crippen LogP contribution in [0.15, 0.2) is 63.6 Å². The van der Waals surface area contributed by atoms with Crippen LogP contribution in [0.1, 0.15) is 21.9 Å². The Bertz CT molecular complexity index is 944. The molecule has 2 aromatic heterocycles. The van der Waals surface area contributed by atoms with Gasteiger partial charge in [0, 0.05) is 29.9 Å². The van der Waals surface area contributed by atoms with Crippen LogP contribution in [0.4, 0.5) is 0 Å². The average molecular weight is 461 g/mol. The summed E-state index contributed by atoms with van der Waals surface area (Å²) in [6, 6.07) is 14.5. The van der Waals surface area contributed by atoms with Gasteiger partial charge in [-0.3, -0.25) is 4.79 Å². The number of pyridine rings is 1. The van der Waals surface area contributed by atoms with Gasteiger partial charge in [-0.15, -0.1) is 0 Å². The molecule has 1 N–H and O–H groups in total. The van der Waals surface area contributed by atoms with Crippen LogP contribution in [-0.2, 0) is 17.9 Å². The monoisotopic (exact) mass is 460 g/mol. The molecule has 1 aromatic carbocycles. The Balaban J connectivity index is 1.53. The number of aromatic nitrogens is 1. The third-order valence-electron chi connectivity index (χ3n) is 3.88. The lowest BCUT2D eigenvalue weighted by Crippen LogP contribution is -2.23. The predicted octanol–water partition coefficient (Wildman–Crippen LogP) is 3.97. The molecular formula is C21H21BrN2O5. The second-order valence-corrected chi connectivity index (χ2v) is 6.92. The predicted molar refractivity (Wildman–Crippen MR) is 110 cm³/mol. The van der Waals surface area contributed by atoms with Crippen LogP contribution in [0.5, 0.6) is 11.6 Å². The Morgan fingerprint density at radius 1 is 1.14 bits per heavy atom. The Labute approximate surface area is 177 Å². The molecule has 0 radical (unpaired) electrons. The minimum absolute atomic E-state index is 0.212. The molecular weight excluding hydrogens is 440 g/mol. The summed E-state index contributed by atoms with van der Waals surface area (Å²) in [5.74, 6) is 1.61. The standard InChI is InChI=1S/C21H21BrN2O5/c1-26-10-11-27-21-15(4-3-9-23-21)13-24-20(25)19-8-7-18(29-19)14-28-17-6-2-5-16(22)12-17/h2-9,12H,10-11,13-14H2,1H3,(H,24,25). The van der Waals surface area contributed by atoms with E-state index in [1.54, 1.807) is 31.5 Å². The van der Waals surface area contributed by atoms with E-state index in [9.17, 15) is 4.79 Å². The lowest BCUT2D eigenvalue weighted by Gasteiger charge is -2.10. The van der Waals surface area contributed by atoms with Crippen molar-refractivity contribution in [2.45, 2.75) is 13.2 Å². The van der Waals surface area contributed by atoms with Crippen molar-refractivity contribution in [2.75, 3.05) is 20.3 Å². The highest BCUT2D eigenvalue weighted by atomic mass is 79.9. The van der Waals surface area contributed by atoms with Gasteiger partial charge >= 0.3 is 0 Å². The number of benzene rings is 1. The summed E-state index contributed by atoms with van der Waals surface area (Å²) in [5, 5.41) is 2.81. The molecule has 29 heavy (non-hydrogen) atoms. The van der Waals surface area contributed by atoms with Gasteiger partial charge in [-0.2, -0.15) is 0 Å². The maximum Gasteiger partial charge on any atom is 0.287 e. The van der Waals surface area contributed by atoms with E-state index in [0.29, 0.717) is 30.6 Å². The minimum Gasteiger partial charge on any atom is -0.486 e. The third kappa shape index (κ3) is 6.33. The van der Waals surface area contributed by atoms with Gasteiger partial charge in [0.1, 0.15) is 24.7 Å². The van der Waals surface area contributed by atoms with E-state index in [-0.39, 0.29) is 24.8 Å². The number of ether oxygens (including phenoxy) is 3. The second-order valence-electron chi connectivity index (χ2n) is 6.00. The number of furan rings is 1. The summed E-state index contributed by atoms with van der Waals surface area (Å²) in [4.78, 5) is 16.6. The third-order valence-corrected chi connectivity index (χ3v) is 4.37. The molecule has 3 rings (SSSR count). The molecule has 2 heterocycles. The molecule has 0 aliphatic carbocycles. The highest BCUT2D eigenvalue weighted by Crippen LogP contribution is 2.20. The normalized spacial score (nSPS) is 10.6. The zero-order valence-electron chi connectivity index (χ0n) is 15.9. The van der Waals surface area contributed by atoms with Crippen molar-refractivity contribution in [3.05, 3.63) is 76.3 Å². The van der Waals surface area contributed by atoms with Crippen molar-refractivity contribution in [2.24, 2.45) is 0 Å². The van der Waals surface area contributed by atoms with E-state index in [0.717, 1.165) is 10.0 Å². The fourth-order valence-corrected chi connectivity index (χ4v) is 2.84. The molecule has 3 aromatic rings. The van der Waals surface area contributed by atoms with Crippen molar-refractivity contribution in [3.8, 4) is 11.6 Å². The zero-order chi connectivity index (χ0) is 20.5. The van der Waals surface area contributed by atoms with Gasteiger partial charge in [-0.25, -0.2) is 4.98 Å². The first-order valence-corrected chi connectivity index (χ1v) is 9.76. The molecule has 0 aliphatic rings. The van der Waals surface area contributed by atoms with E-state index >= 15 is 0 Å². The molecule has 7 nitrogen and oxygen atoms in total. The fourth-order valence-electron chi connectivity index (χ4n) is 2.46. The molecule has 0 atom stereocenters. The molecule has 0 fully saturated rings. The fraction of sp³-hybridized carbons (Fsp3) is 0.238. The zero-order valence-corrected chi connectivity index (χ0v) is 17.5. The van der Waals surface area contributed by atoms with Crippen LogP contribution in [-0.4, -0.2) is 31.2 Å². The van der Waals surface area contributed by atoms with Crippen molar-refractivity contribution in [1.29, 1.82) is 0 Å². The van der Waals surface area contributed by atoms with E-state index in [1.165, 1.54) is 0 Å². The highest BCUT2D eigenvalue weighted by Gasteiger charge is 2.13. The molecule has 0 aliphatic heterocycles. The van der Waals surface area contributed by atoms with Crippen LogP contribution in [0, 0.1) is 0 Å². The first-order valence-electron chi connectivity index (χ1n) is 8.96. The minimum atomic E-state index is -0.328. The molecule has 0 bridgehead atoms. The van der Waals surface area contributed by atoms with Crippen LogP contribution >= 0.6 is 15.9 Å². The highest BCUT2D eigenvalue weighted by molar-refractivity contribution is 9.10. The average Bonchev–Trinajstić information content (AvgIpc) is 3.21. The number of carbonyl (C=O) groups excluding carboxylic acids is 1. The lowest BCUT2D eigenvalue weighted by atomic mass is 10.2. The van der Waals surface area contributed by atoms with Gasteiger partial charge in [0.15, 0.2) is 5.76 Å². The number of amides is 1. The quantitative estimate of drug-likeness (QED) is 0.460. The van der Waals surface area contributed by atoms with Crippen LogP contribution in [0.2, 0.25) is 0 Å². The number of hydrogen-bond acceptors (Lipinski definition) is 6. The summed E-state index contributed by atoms with van der Waals surface area (Å²) in [5.41, 5.74) is 0.765. The lowest BCUT2D eigenvalue weighted by molar-refractivity contribution is 0.0918. The molecule has 1 amide bonds. The molecule has 152 valence electrons. The number of halogens is 1. The van der Waals surface area contributed by atoms with Gasteiger partial charge in [0.05, 0.1) is 6.61 Å². The van der Waals surface area contributed by atoms with Gasteiger partial charge in [-0.1, -0.05) is 28.1 Å². The van der Waals surface area contributed by atoms with E-state index in [1.807, 2.05) is 30.3 Å². The largest absolute Gasteiger partial charge is 0.486 e. The Hall–Kier alpha value is -2.84. The number of rotatable bonds is 10. The maximum atomic E-state index is 12.4. The number of hydrogen-bond donors (Lipinski definition) is 1. The molecule has 0 spiro atoms. The summed E-state index contributed by atoms with van der Waals surface area (Å²) in [6.45, 7) is 1.33. The first-order chi connectivity index (χ1) is 14.2. The first kappa shape index (κ1) is 20.9. The number of nitrogens with zero attached hydrogens (tertiary/aromatic N) is 1. The summed E-state index contributed by atoms with van der Waals surface area (Å²) >= 11 is 3.39. The topological polar surface area (TPSA) is 82.8 Å². The summed E-state index contributed by atoms with van der Waals surface area (Å²) in [6.07, 6.45) is 1.64. The SMILES string of the molecule is COCCOc1ncccc1CNC(=O)c1ccc(COc2cccc(Br)c2)o1. The Morgan fingerprint density at radius 2 is 2.03 bits per heavy atom. The number of methoxy groups -OCH3 is 1. The molecule has 8 heteroatoms. The second kappa shape index (κ2) is 10.6. The molecule has 0 unspecified atom stereocenters. The smallest absolute Gasteiger partial charge is 0.287 e. The Morgan fingerprint density at radius 3 is 2.86 bits per heavy atom. The van der Waals surface area contributed by atoms with Crippen LogP contribution < -0.4 is 14.8 Å². The van der Waals surface area contributed by atoms with E-state index < -0.39 is 0 Å². The van der Waals surface area contributed by atoms with Gasteiger partial charge in [-0.05, 0) is 36.4 Å². The van der Waals surface area contributed by atoms with E-state index in [4.69, 9.17) is 18.6 Å². The van der Waals surface area contributed by atoms with Crippen LogP contribution in [0.25, 0.3) is 0 Å². The maximum absolute atomic E-state index is 12.4. The van der Waals surface area contributed by atoms with E-state index in [2.05, 4.69) is 26.2 Å². The number of carbonyl (C=O) groups is 1. The van der Waals surface area contributed by atoms with Crippen molar-refractivity contribution in [3.63, 3.8) is 0 Å². The van der Waals surface area contributed by atoms with Crippen molar-refractivity contribution in [1.82, 2.24) is 10.3 Å². The summed E-state index contributed by atoms with van der Waals surface area (Å²) in [7, 11) is 1.60.